The maximum atomic E-state index is 13.5. The Labute approximate surface area is 232 Å². The van der Waals surface area contributed by atoms with E-state index in [2.05, 4.69) is 44.8 Å². The van der Waals surface area contributed by atoms with Gasteiger partial charge in [-0.05, 0) is 95.1 Å². The predicted octanol–water partition coefficient (Wildman–Crippen LogP) is 6.20. The van der Waals surface area contributed by atoms with Crippen LogP contribution in [0, 0.1) is 41.4 Å². The fourth-order valence-electron chi connectivity index (χ4n) is 10.7. The summed E-state index contributed by atoms with van der Waals surface area (Å²) in [5.74, 6) is 3.59. The van der Waals surface area contributed by atoms with Crippen molar-refractivity contribution in [1.29, 1.82) is 0 Å². The van der Waals surface area contributed by atoms with Crippen molar-refractivity contribution in [2.24, 2.45) is 41.4 Å². The van der Waals surface area contributed by atoms with Crippen LogP contribution in [-0.4, -0.2) is 59.9 Å². The van der Waals surface area contributed by atoms with E-state index in [1.54, 1.807) is 0 Å². The van der Waals surface area contributed by atoms with Crippen LogP contribution in [-0.2, 0) is 14.3 Å². The van der Waals surface area contributed by atoms with Gasteiger partial charge in [0.05, 0.1) is 18.1 Å². The van der Waals surface area contributed by atoms with Gasteiger partial charge in [-0.25, -0.2) is 0 Å². The second kappa shape index (κ2) is 11.0. The van der Waals surface area contributed by atoms with E-state index in [9.17, 15) is 4.79 Å². The van der Waals surface area contributed by atoms with Crippen LogP contribution in [0.1, 0.15) is 112 Å². The lowest BCUT2D eigenvalue weighted by molar-refractivity contribution is -0.265. The third-order valence-electron chi connectivity index (χ3n) is 12.6. The highest BCUT2D eigenvalue weighted by Crippen LogP contribution is 2.62. The van der Waals surface area contributed by atoms with E-state index in [1.807, 2.05) is 0 Å². The largest absolute Gasteiger partial charge is 0.458 e. The molecule has 6 fully saturated rings. The summed E-state index contributed by atoms with van der Waals surface area (Å²) in [5.41, 5.74) is -0.295. The molecule has 0 amide bonds. The van der Waals surface area contributed by atoms with E-state index in [0.717, 1.165) is 57.0 Å². The molecule has 216 valence electrons. The summed E-state index contributed by atoms with van der Waals surface area (Å²) in [4.78, 5) is 16.2. The van der Waals surface area contributed by atoms with Crippen molar-refractivity contribution >= 4 is 5.97 Å². The Hall–Kier alpha value is -0.650. The minimum atomic E-state index is -0.295. The van der Waals surface area contributed by atoms with E-state index in [-0.39, 0.29) is 29.7 Å². The molecular weight excluding hydrogens is 472 g/mol. The number of esters is 1. The van der Waals surface area contributed by atoms with Crippen LogP contribution >= 0.6 is 0 Å². The molecule has 38 heavy (non-hydrogen) atoms. The Kier molecular flexibility index (Phi) is 7.94. The Morgan fingerprint density at radius 1 is 0.789 bits per heavy atom. The monoisotopic (exact) mass is 528 g/mol. The molecule has 1 spiro atoms. The standard InChI is InChI=1S/C33H56N2O3/c1-6-35(7-2)23-13-14-26-31(18-23)37-30-17-22(5)29(34-28-15-12-20(3)16-21(28)4)19-27(30)33(26)25-11-9-8-10-24(25)32(36)38-33/h20-31,34H,6-19H2,1-5H3. The van der Waals surface area contributed by atoms with Gasteiger partial charge in [0, 0.05) is 35.9 Å². The molecule has 2 saturated heterocycles. The zero-order valence-corrected chi connectivity index (χ0v) is 25.0. The third kappa shape index (κ3) is 4.59. The molecule has 13 unspecified atom stereocenters. The molecule has 2 aliphatic heterocycles. The minimum Gasteiger partial charge on any atom is -0.458 e. The highest BCUT2D eigenvalue weighted by atomic mass is 16.6. The molecule has 0 aromatic carbocycles. The lowest BCUT2D eigenvalue weighted by Gasteiger charge is -2.61. The lowest BCUT2D eigenvalue weighted by atomic mass is 9.53. The maximum Gasteiger partial charge on any atom is 0.309 e. The summed E-state index contributed by atoms with van der Waals surface area (Å²) in [7, 11) is 0. The molecule has 5 heteroatoms. The summed E-state index contributed by atoms with van der Waals surface area (Å²) < 4.78 is 14.0. The first-order chi connectivity index (χ1) is 18.3. The van der Waals surface area contributed by atoms with Gasteiger partial charge in [-0.2, -0.15) is 0 Å². The highest BCUT2D eigenvalue weighted by Gasteiger charge is 2.69. The molecule has 6 rings (SSSR count). The number of carbonyl (C=O) groups excluding carboxylic acids is 1. The van der Waals surface area contributed by atoms with Gasteiger partial charge in [-0.3, -0.25) is 4.79 Å². The lowest BCUT2D eigenvalue weighted by Crippen LogP contribution is -2.68. The van der Waals surface area contributed by atoms with Crippen LogP contribution in [0.4, 0.5) is 0 Å². The van der Waals surface area contributed by atoms with E-state index in [4.69, 9.17) is 9.47 Å². The van der Waals surface area contributed by atoms with Crippen molar-refractivity contribution in [2.45, 2.75) is 148 Å². The van der Waals surface area contributed by atoms with Crippen LogP contribution in [0.3, 0.4) is 0 Å². The number of nitrogens with one attached hydrogen (secondary N) is 1. The fourth-order valence-corrected chi connectivity index (χ4v) is 10.7. The average Bonchev–Trinajstić information content (AvgIpc) is 3.20. The predicted molar refractivity (Wildman–Crippen MR) is 152 cm³/mol. The summed E-state index contributed by atoms with van der Waals surface area (Å²) >= 11 is 0. The summed E-state index contributed by atoms with van der Waals surface area (Å²) in [6.45, 7) is 14.1. The van der Waals surface area contributed by atoms with E-state index in [1.165, 1.54) is 44.9 Å². The zero-order chi connectivity index (χ0) is 26.6. The van der Waals surface area contributed by atoms with Crippen LogP contribution in [0.2, 0.25) is 0 Å². The summed E-state index contributed by atoms with van der Waals surface area (Å²) in [6, 6.07) is 1.73. The van der Waals surface area contributed by atoms with Crippen LogP contribution in [0.5, 0.6) is 0 Å². The van der Waals surface area contributed by atoms with E-state index in [0.29, 0.717) is 41.8 Å². The van der Waals surface area contributed by atoms with Crippen molar-refractivity contribution in [3.8, 4) is 0 Å². The number of rotatable bonds is 5. The van der Waals surface area contributed by atoms with E-state index >= 15 is 0 Å². The molecule has 6 aliphatic rings. The topological polar surface area (TPSA) is 50.8 Å². The number of fused-ring (bicyclic) bond motifs is 6. The molecular formula is C33H56N2O3. The molecule has 5 nitrogen and oxygen atoms in total. The molecule has 0 aromatic heterocycles. The Morgan fingerprint density at radius 2 is 1.53 bits per heavy atom. The molecule has 4 aliphatic carbocycles. The van der Waals surface area contributed by atoms with Crippen molar-refractivity contribution in [2.75, 3.05) is 13.1 Å². The van der Waals surface area contributed by atoms with Crippen LogP contribution in [0.25, 0.3) is 0 Å². The van der Waals surface area contributed by atoms with Gasteiger partial charge < -0.3 is 19.7 Å². The number of hydrogen-bond donors (Lipinski definition) is 1. The van der Waals surface area contributed by atoms with Crippen molar-refractivity contribution in [3.05, 3.63) is 0 Å². The van der Waals surface area contributed by atoms with Gasteiger partial charge in [-0.15, -0.1) is 0 Å². The Bertz CT molecular complexity index is 846. The van der Waals surface area contributed by atoms with Gasteiger partial charge in [0.2, 0.25) is 0 Å². The molecule has 1 N–H and O–H groups in total. The third-order valence-corrected chi connectivity index (χ3v) is 12.6. The SMILES string of the molecule is CCN(CC)C1CCC2C(C1)OC1CC(C)C(NC3CCC(C)CC3C)CC1C21OC(=O)C2CCCCC21. The van der Waals surface area contributed by atoms with Gasteiger partial charge in [-0.1, -0.05) is 47.5 Å². The first-order valence-electron chi connectivity index (χ1n) is 16.7. The summed E-state index contributed by atoms with van der Waals surface area (Å²) in [6.07, 6.45) is 14.8. The van der Waals surface area contributed by atoms with Gasteiger partial charge in [0.25, 0.3) is 0 Å². The number of hydrogen-bond acceptors (Lipinski definition) is 5. The first kappa shape index (κ1) is 27.5. The molecule has 0 bridgehead atoms. The normalized spacial score (nSPS) is 50.8. The smallest absolute Gasteiger partial charge is 0.309 e. The van der Waals surface area contributed by atoms with Crippen molar-refractivity contribution < 1.29 is 14.3 Å². The first-order valence-corrected chi connectivity index (χ1v) is 16.7. The van der Waals surface area contributed by atoms with Gasteiger partial charge in [0.15, 0.2) is 0 Å². The van der Waals surface area contributed by atoms with Crippen LogP contribution < -0.4 is 5.32 Å². The van der Waals surface area contributed by atoms with Crippen molar-refractivity contribution in [1.82, 2.24) is 10.2 Å². The Balaban J connectivity index is 1.29. The minimum absolute atomic E-state index is 0.134. The second-order valence-electron chi connectivity index (χ2n) is 14.6. The van der Waals surface area contributed by atoms with E-state index < -0.39 is 0 Å². The van der Waals surface area contributed by atoms with Crippen molar-refractivity contribution in [3.63, 3.8) is 0 Å². The molecule has 4 saturated carbocycles. The quantitative estimate of drug-likeness (QED) is 0.431. The maximum absolute atomic E-state index is 13.5. The van der Waals surface area contributed by atoms with Crippen LogP contribution in [0.15, 0.2) is 0 Å². The highest BCUT2D eigenvalue weighted by molar-refractivity contribution is 5.76. The number of nitrogens with zero attached hydrogens (tertiary/aromatic N) is 1. The van der Waals surface area contributed by atoms with Gasteiger partial charge in [0.1, 0.15) is 5.60 Å². The zero-order valence-electron chi connectivity index (χ0n) is 25.0. The average molecular weight is 529 g/mol. The summed E-state index contributed by atoms with van der Waals surface area (Å²) in [5, 5.41) is 4.21. The molecule has 0 radical (unpaired) electrons. The second-order valence-corrected chi connectivity index (χ2v) is 14.6. The molecule has 2 heterocycles. The number of carbonyl (C=O) groups is 1. The number of ether oxygens (including phenoxy) is 2. The molecule has 13 atom stereocenters. The Morgan fingerprint density at radius 3 is 2.29 bits per heavy atom. The van der Waals surface area contributed by atoms with Gasteiger partial charge >= 0.3 is 5.97 Å². The fraction of sp³-hybridized carbons (Fsp3) is 0.970. The molecule has 0 aromatic rings.